The Kier molecular flexibility index (Phi) is 2.70. The third kappa shape index (κ3) is 1.87. The Labute approximate surface area is 114 Å². The minimum Gasteiger partial charge on any atom is -0.481 e. The second-order valence-corrected chi connectivity index (χ2v) is 7.33. The van der Waals surface area contributed by atoms with Crippen molar-refractivity contribution in [3.63, 3.8) is 0 Å². The van der Waals surface area contributed by atoms with Gasteiger partial charge < -0.3 is 10.0 Å². The van der Waals surface area contributed by atoms with E-state index < -0.39 is 11.9 Å². The van der Waals surface area contributed by atoms with Gasteiger partial charge in [-0.1, -0.05) is 26.7 Å². The number of rotatable bonds is 2. The number of hydrogen-bond acceptors (Lipinski definition) is 2. The van der Waals surface area contributed by atoms with Crippen molar-refractivity contribution >= 4 is 11.9 Å². The average molecular weight is 265 g/mol. The minimum absolute atomic E-state index is 0.0844. The minimum atomic E-state index is -0.821. The SMILES string of the molecule is CC1(C)C(C(=O)O)C1C(=O)N1CCC2(CCCC2)C1. The number of carbonyl (C=O) groups excluding carboxylic acids is 1. The predicted octanol–water partition coefficient (Wildman–Crippen LogP) is 2.14. The number of carboxylic acid groups (broad SMARTS) is 1. The van der Waals surface area contributed by atoms with E-state index in [9.17, 15) is 14.7 Å². The van der Waals surface area contributed by atoms with E-state index in [1.807, 2.05) is 18.7 Å². The maximum Gasteiger partial charge on any atom is 0.307 e. The van der Waals surface area contributed by atoms with E-state index in [0.29, 0.717) is 5.41 Å². The van der Waals surface area contributed by atoms with Gasteiger partial charge in [-0.2, -0.15) is 0 Å². The molecule has 0 aromatic carbocycles. The molecule has 3 rings (SSSR count). The normalized spacial score (nSPS) is 34.7. The fourth-order valence-electron chi connectivity index (χ4n) is 4.41. The molecule has 1 saturated heterocycles. The second-order valence-electron chi connectivity index (χ2n) is 7.33. The van der Waals surface area contributed by atoms with Gasteiger partial charge in [0.1, 0.15) is 0 Å². The molecule has 2 aliphatic carbocycles. The summed E-state index contributed by atoms with van der Waals surface area (Å²) in [4.78, 5) is 25.7. The van der Waals surface area contributed by atoms with Gasteiger partial charge in [-0.3, -0.25) is 9.59 Å². The van der Waals surface area contributed by atoms with Crippen LogP contribution in [0.5, 0.6) is 0 Å². The highest BCUT2D eigenvalue weighted by Gasteiger charge is 2.67. The molecule has 0 radical (unpaired) electrons. The van der Waals surface area contributed by atoms with E-state index in [1.54, 1.807) is 0 Å². The summed E-state index contributed by atoms with van der Waals surface area (Å²) in [6, 6.07) is 0. The number of hydrogen-bond donors (Lipinski definition) is 1. The molecule has 1 N–H and O–H groups in total. The van der Waals surface area contributed by atoms with Crippen molar-refractivity contribution in [3.8, 4) is 0 Å². The van der Waals surface area contributed by atoms with E-state index in [2.05, 4.69) is 0 Å². The number of amides is 1. The first kappa shape index (κ1) is 12.9. The molecule has 1 aliphatic heterocycles. The summed E-state index contributed by atoms with van der Waals surface area (Å²) in [6.07, 6.45) is 6.17. The molecular weight excluding hydrogens is 242 g/mol. The summed E-state index contributed by atoms with van der Waals surface area (Å²) in [5.74, 6) is -1.53. The first-order valence-electron chi connectivity index (χ1n) is 7.39. The summed E-state index contributed by atoms with van der Waals surface area (Å²) in [5, 5.41) is 9.19. The number of nitrogens with zero attached hydrogens (tertiary/aromatic N) is 1. The van der Waals surface area contributed by atoms with Crippen molar-refractivity contribution in [2.45, 2.75) is 46.0 Å². The molecule has 4 heteroatoms. The van der Waals surface area contributed by atoms with E-state index >= 15 is 0 Å². The lowest BCUT2D eigenvalue weighted by molar-refractivity contribution is -0.141. The largest absolute Gasteiger partial charge is 0.481 e. The zero-order valence-corrected chi connectivity index (χ0v) is 11.8. The van der Waals surface area contributed by atoms with E-state index in [-0.39, 0.29) is 17.2 Å². The van der Waals surface area contributed by atoms with Crippen LogP contribution in [0, 0.1) is 22.7 Å². The molecule has 0 bridgehead atoms. The standard InChI is InChI=1S/C15H23NO3/c1-14(2)10(11(14)13(18)19)12(17)16-8-7-15(9-16)5-3-4-6-15/h10-11H,3-9H2,1-2H3,(H,18,19). The lowest BCUT2D eigenvalue weighted by Gasteiger charge is -2.23. The van der Waals surface area contributed by atoms with Crippen LogP contribution < -0.4 is 0 Å². The number of likely N-dealkylation sites (tertiary alicyclic amines) is 1. The van der Waals surface area contributed by atoms with Crippen molar-refractivity contribution < 1.29 is 14.7 Å². The monoisotopic (exact) mass is 265 g/mol. The molecular formula is C15H23NO3. The van der Waals surface area contributed by atoms with E-state index in [4.69, 9.17) is 0 Å². The molecule has 3 aliphatic rings. The van der Waals surface area contributed by atoms with Gasteiger partial charge in [0.05, 0.1) is 11.8 Å². The molecule has 0 aromatic heterocycles. The Morgan fingerprint density at radius 2 is 1.74 bits per heavy atom. The number of carbonyl (C=O) groups is 2. The molecule has 4 nitrogen and oxygen atoms in total. The Morgan fingerprint density at radius 1 is 1.11 bits per heavy atom. The van der Waals surface area contributed by atoms with Crippen LogP contribution in [0.2, 0.25) is 0 Å². The van der Waals surface area contributed by atoms with Gasteiger partial charge in [0.2, 0.25) is 5.91 Å². The lowest BCUT2D eigenvalue weighted by atomic mass is 9.86. The smallest absolute Gasteiger partial charge is 0.307 e. The predicted molar refractivity (Wildman–Crippen MR) is 70.5 cm³/mol. The molecule has 106 valence electrons. The van der Waals surface area contributed by atoms with Crippen LogP contribution in [-0.2, 0) is 9.59 Å². The van der Waals surface area contributed by atoms with Crippen molar-refractivity contribution in [2.24, 2.45) is 22.7 Å². The third-order valence-electron chi connectivity index (χ3n) is 5.77. The van der Waals surface area contributed by atoms with Crippen LogP contribution in [0.3, 0.4) is 0 Å². The highest BCUT2D eigenvalue weighted by molar-refractivity contribution is 5.91. The van der Waals surface area contributed by atoms with Crippen LogP contribution >= 0.6 is 0 Å². The van der Waals surface area contributed by atoms with Crippen LogP contribution in [0.1, 0.15) is 46.0 Å². The molecule has 2 atom stereocenters. The summed E-state index contributed by atoms with van der Waals surface area (Å²) < 4.78 is 0. The van der Waals surface area contributed by atoms with Gasteiger partial charge in [0.25, 0.3) is 0 Å². The molecule has 1 amide bonds. The molecule has 19 heavy (non-hydrogen) atoms. The van der Waals surface area contributed by atoms with Crippen LogP contribution in [0.15, 0.2) is 0 Å². The topological polar surface area (TPSA) is 57.6 Å². The maximum atomic E-state index is 12.5. The maximum absolute atomic E-state index is 12.5. The van der Waals surface area contributed by atoms with Gasteiger partial charge in [0, 0.05) is 13.1 Å². The van der Waals surface area contributed by atoms with Gasteiger partial charge >= 0.3 is 5.97 Å². The number of aliphatic carboxylic acids is 1. The van der Waals surface area contributed by atoms with Crippen LogP contribution in [0.4, 0.5) is 0 Å². The molecule has 3 fully saturated rings. The van der Waals surface area contributed by atoms with Crippen molar-refractivity contribution in [3.05, 3.63) is 0 Å². The first-order valence-corrected chi connectivity index (χ1v) is 7.39. The number of carboxylic acids is 1. The Morgan fingerprint density at radius 3 is 2.26 bits per heavy atom. The second kappa shape index (κ2) is 3.97. The van der Waals surface area contributed by atoms with Crippen molar-refractivity contribution in [2.75, 3.05) is 13.1 Å². The Balaban J connectivity index is 1.68. The summed E-state index contributed by atoms with van der Waals surface area (Å²) in [6.45, 7) is 5.49. The lowest BCUT2D eigenvalue weighted by Crippen LogP contribution is -2.33. The van der Waals surface area contributed by atoms with Crippen molar-refractivity contribution in [1.82, 2.24) is 4.90 Å². The molecule has 0 aromatic rings. The molecule has 1 heterocycles. The van der Waals surface area contributed by atoms with E-state index in [0.717, 1.165) is 19.5 Å². The van der Waals surface area contributed by atoms with Gasteiger partial charge in [-0.15, -0.1) is 0 Å². The quantitative estimate of drug-likeness (QED) is 0.832. The first-order chi connectivity index (χ1) is 8.87. The summed E-state index contributed by atoms with van der Waals surface area (Å²) in [5.41, 5.74) is 0.00175. The Bertz CT molecular complexity index is 423. The fraction of sp³-hybridized carbons (Fsp3) is 0.867. The fourth-order valence-corrected chi connectivity index (χ4v) is 4.41. The molecule has 1 spiro atoms. The summed E-state index contributed by atoms with van der Waals surface area (Å²) >= 11 is 0. The van der Waals surface area contributed by atoms with E-state index in [1.165, 1.54) is 25.7 Å². The molecule has 2 unspecified atom stereocenters. The van der Waals surface area contributed by atoms with Crippen LogP contribution in [-0.4, -0.2) is 35.0 Å². The molecule has 2 saturated carbocycles. The highest BCUT2D eigenvalue weighted by atomic mass is 16.4. The highest BCUT2D eigenvalue weighted by Crippen LogP contribution is 2.59. The average Bonchev–Trinajstić information content (AvgIpc) is 2.77. The summed E-state index contributed by atoms with van der Waals surface area (Å²) in [7, 11) is 0. The van der Waals surface area contributed by atoms with Gasteiger partial charge in [-0.25, -0.2) is 0 Å². The van der Waals surface area contributed by atoms with Crippen molar-refractivity contribution in [1.29, 1.82) is 0 Å². The Hall–Kier alpha value is -1.06. The third-order valence-corrected chi connectivity index (χ3v) is 5.77. The zero-order chi connectivity index (χ0) is 13.8. The zero-order valence-electron chi connectivity index (χ0n) is 11.8. The van der Waals surface area contributed by atoms with Gasteiger partial charge in [0.15, 0.2) is 0 Å². The van der Waals surface area contributed by atoms with Crippen LogP contribution in [0.25, 0.3) is 0 Å². The van der Waals surface area contributed by atoms with Gasteiger partial charge in [-0.05, 0) is 30.1 Å².